The number of aromatic nitrogens is 2. The van der Waals surface area contributed by atoms with E-state index in [0.717, 1.165) is 17.2 Å². The van der Waals surface area contributed by atoms with E-state index >= 15 is 0 Å². The number of hydrogen-bond acceptors (Lipinski definition) is 2. The second-order valence-electron chi connectivity index (χ2n) is 4.80. The lowest BCUT2D eigenvalue weighted by atomic mass is 10.1. The molecule has 0 amide bonds. The van der Waals surface area contributed by atoms with Crippen molar-refractivity contribution in [3.05, 3.63) is 59.8 Å². The highest BCUT2D eigenvalue weighted by atomic mass is 19.4. The summed E-state index contributed by atoms with van der Waals surface area (Å²) in [6.45, 7) is 1.97. The molecule has 0 aliphatic heterocycles. The van der Waals surface area contributed by atoms with Gasteiger partial charge in [0.15, 0.2) is 0 Å². The predicted molar refractivity (Wildman–Crippen MR) is 74.7 cm³/mol. The highest BCUT2D eigenvalue weighted by molar-refractivity contribution is 5.78. The van der Waals surface area contributed by atoms with Crippen molar-refractivity contribution in [2.24, 2.45) is 0 Å². The Morgan fingerprint density at radius 2 is 1.57 bits per heavy atom. The number of benzene rings is 1. The van der Waals surface area contributed by atoms with Gasteiger partial charge in [-0.05, 0) is 37.3 Å². The number of nitrogens with zero attached hydrogens (tertiary/aromatic N) is 2. The van der Waals surface area contributed by atoms with Gasteiger partial charge in [-0.3, -0.25) is 0 Å². The zero-order valence-corrected chi connectivity index (χ0v) is 11.1. The lowest BCUT2D eigenvalue weighted by Gasteiger charge is -2.07. The number of aryl methyl sites for hydroxylation is 1. The molecule has 0 aliphatic rings. The number of pyridine rings is 2. The second-order valence-corrected chi connectivity index (χ2v) is 4.80. The summed E-state index contributed by atoms with van der Waals surface area (Å²) >= 11 is 0. The number of hydrogen-bond donors (Lipinski definition) is 0. The van der Waals surface area contributed by atoms with E-state index in [4.69, 9.17) is 0 Å². The van der Waals surface area contributed by atoms with Gasteiger partial charge >= 0.3 is 6.18 Å². The van der Waals surface area contributed by atoms with E-state index in [0.29, 0.717) is 11.2 Å². The maximum atomic E-state index is 12.6. The molecule has 0 spiro atoms. The monoisotopic (exact) mass is 288 g/mol. The van der Waals surface area contributed by atoms with E-state index < -0.39 is 11.9 Å². The van der Waals surface area contributed by atoms with Gasteiger partial charge in [0.25, 0.3) is 0 Å². The van der Waals surface area contributed by atoms with E-state index in [1.165, 1.54) is 6.07 Å². The quantitative estimate of drug-likeness (QED) is 0.652. The summed E-state index contributed by atoms with van der Waals surface area (Å²) in [4.78, 5) is 7.99. The Hall–Kier alpha value is -2.43. The minimum Gasteiger partial charge on any atom is -0.246 e. The number of alkyl halides is 3. The zero-order chi connectivity index (χ0) is 15.0. The summed E-state index contributed by atoms with van der Waals surface area (Å²) in [6, 6.07) is 13.3. The van der Waals surface area contributed by atoms with E-state index in [-0.39, 0.29) is 5.52 Å². The predicted octanol–water partition coefficient (Wildman–Crippen LogP) is 4.62. The standard InChI is InChI=1S/C16H11F3N2/c1-10-3-2-4-11(9-10)12-5-6-14-13(20-12)7-8-15(21-14)16(17,18)19/h2-9H,1H3. The minimum atomic E-state index is -4.44. The largest absolute Gasteiger partial charge is 0.433 e. The molecular weight excluding hydrogens is 277 g/mol. The molecule has 0 fully saturated rings. The molecule has 0 atom stereocenters. The van der Waals surface area contributed by atoms with Crippen LogP contribution in [0.2, 0.25) is 0 Å². The minimum absolute atomic E-state index is 0.237. The first-order valence-electron chi connectivity index (χ1n) is 6.35. The third kappa shape index (κ3) is 2.72. The van der Waals surface area contributed by atoms with Crippen molar-refractivity contribution >= 4 is 11.0 Å². The van der Waals surface area contributed by atoms with E-state index in [1.807, 2.05) is 31.2 Å². The molecule has 3 rings (SSSR count). The topological polar surface area (TPSA) is 25.8 Å². The molecule has 21 heavy (non-hydrogen) atoms. The summed E-state index contributed by atoms with van der Waals surface area (Å²) in [5.41, 5.74) is 2.52. The third-order valence-electron chi connectivity index (χ3n) is 3.15. The van der Waals surface area contributed by atoms with Crippen LogP contribution in [0.1, 0.15) is 11.3 Å². The van der Waals surface area contributed by atoms with Crippen molar-refractivity contribution in [2.75, 3.05) is 0 Å². The normalized spacial score (nSPS) is 11.8. The molecule has 0 unspecified atom stereocenters. The molecule has 2 heterocycles. The molecule has 0 N–H and O–H groups in total. The fourth-order valence-electron chi connectivity index (χ4n) is 2.13. The van der Waals surface area contributed by atoms with Crippen molar-refractivity contribution < 1.29 is 13.2 Å². The van der Waals surface area contributed by atoms with E-state index in [9.17, 15) is 13.2 Å². The molecular formula is C16H11F3N2. The van der Waals surface area contributed by atoms with Crippen LogP contribution in [0, 0.1) is 6.92 Å². The average molecular weight is 288 g/mol. The average Bonchev–Trinajstić information content (AvgIpc) is 2.45. The first-order valence-corrected chi connectivity index (χ1v) is 6.35. The Kier molecular flexibility index (Phi) is 3.12. The van der Waals surface area contributed by atoms with Crippen LogP contribution in [0.4, 0.5) is 13.2 Å². The summed E-state index contributed by atoms with van der Waals surface area (Å²) < 4.78 is 37.9. The van der Waals surface area contributed by atoms with Gasteiger partial charge in [0, 0.05) is 5.56 Å². The molecule has 0 radical (unpaired) electrons. The van der Waals surface area contributed by atoms with Gasteiger partial charge in [-0.2, -0.15) is 13.2 Å². The Morgan fingerprint density at radius 1 is 0.857 bits per heavy atom. The van der Waals surface area contributed by atoms with Gasteiger partial charge in [-0.1, -0.05) is 23.8 Å². The van der Waals surface area contributed by atoms with Gasteiger partial charge in [-0.15, -0.1) is 0 Å². The van der Waals surface area contributed by atoms with Crippen LogP contribution < -0.4 is 0 Å². The molecule has 0 saturated heterocycles. The smallest absolute Gasteiger partial charge is 0.246 e. The maximum absolute atomic E-state index is 12.6. The summed E-state index contributed by atoms with van der Waals surface area (Å²) in [5, 5.41) is 0. The van der Waals surface area contributed by atoms with Crippen LogP contribution in [-0.2, 0) is 6.18 Å². The number of halogens is 3. The van der Waals surface area contributed by atoms with Crippen molar-refractivity contribution in [1.29, 1.82) is 0 Å². The SMILES string of the molecule is Cc1cccc(-c2ccc3nc(C(F)(F)F)ccc3n2)c1. The molecule has 106 valence electrons. The van der Waals surface area contributed by atoms with Crippen LogP contribution in [0.15, 0.2) is 48.5 Å². The Morgan fingerprint density at radius 3 is 2.29 bits per heavy atom. The Labute approximate surface area is 119 Å². The molecule has 2 aromatic heterocycles. The van der Waals surface area contributed by atoms with Gasteiger partial charge in [0.1, 0.15) is 5.69 Å². The van der Waals surface area contributed by atoms with Crippen LogP contribution >= 0.6 is 0 Å². The van der Waals surface area contributed by atoms with Gasteiger partial charge in [0.2, 0.25) is 0 Å². The Bertz CT molecular complexity index is 810. The van der Waals surface area contributed by atoms with Crippen molar-refractivity contribution in [3.8, 4) is 11.3 Å². The highest BCUT2D eigenvalue weighted by Crippen LogP contribution is 2.29. The Balaban J connectivity index is 2.09. The fourth-order valence-corrected chi connectivity index (χ4v) is 2.13. The van der Waals surface area contributed by atoms with E-state index in [1.54, 1.807) is 12.1 Å². The molecule has 2 nitrogen and oxygen atoms in total. The molecule has 0 aliphatic carbocycles. The lowest BCUT2D eigenvalue weighted by Crippen LogP contribution is -2.07. The molecule has 5 heteroatoms. The first-order chi connectivity index (χ1) is 9.93. The van der Waals surface area contributed by atoms with Gasteiger partial charge < -0.3 is 0 Å². The third-order valence-corrected chi connectivity index (χ3v) is 3.15. The number of rotatable bonds is 1. The highest BCUT2D eigenvalue weighted by Gasteiger charge is 2.32. The van der Waals surface area contributed by atoms with Crippen molar-refractivity contribution in [3.63, 3.8) is 0 Å². The molecule has 0 bridgehead atoms. The molecule has 3 aromatic rings. The first kappa shape index (κ1) is 13.5. The van der Waals surface area contributed by atoms with Crippen LogP contribution in [0.3, 0.4) is 0 Å². The van der Waals surface area contributed by atoms with Gasteiger partial charge in [0.05, 0.1) is 16.7 Å². The van der Waals surface area contributed by atoms with Crippen LogP contribution in [-0.4, -0.2) is 9.97 Å². The van der Waals surface area contributed by atoms with Crippen molar-refractivity contribution in [2.45, 2.75) is 13.1 Å². The fraction of sp³-hybridized carbons (Fsp3) is 0.125. The summed E-state index contributed by atoms with van der Waals surface area (Å²) in [7, 11) is 0. The molecule has 1 aromatic carbocycles. The van der Waals surface area contributed by atoms with E-state index in [2.05, 4.69) is 9.97 Å². The second kappa shape index (κ2) is 4.84. The van der Waals surface area contributed by atoms with Crippen molar-refractivity contribution in [1.82, 2.24) is 9.97 Å². The molecule has 0 saturated carbocycles. The lowest BCUT2D eigenvalue weighted by molar-refractivity contribution is -0.140. The summed E-state index contributed by atoms with van der Waals surface area (Å²) in [6.07, 6.45) is -4.44. The summed E-state index contributed by atoms with van der Waals surface area (Å²) in [5.74, 6) is 0. The van der Waals surface area contributed by atoms with Crippen LogP contribution in [0.25, 0.3) is 22.3 Å². The zero-order valence-electron chi connectivity index (χ0n) is 11.1. The number of fused-ring (bicyclic) bond motifs is 1. The maximum Gasteiger partial charge on any atom is 0.433 e. The van der Waals surface area contributed by atoms with Gasteiger partial charge in [-0.25, -0.2) is 9.97 Å². The van der Waals surface area contributed by atoms with Crippen LogP contribution in [0.5, 0.6) is 0 Å².